The quantitative estimate of drug-likeness (QED) is 0.617. The second kappa shape index (κ2) is 9.92. The van der Waals surface area contributed by atoms with E-state index in [0.29, 0.717) is 18.8 Å². The molecule has 2 N–H and O–H groups in total. The van der Waals surface area contributed by atoms with Crippen molar-refractivity contribution in [3.8, 4) is 0 Å². The van der Waals surface area contributed by atoms with Crippen LogP contribution >= 0.6 is 0 Å². The number of carbonyl (C=O) groups is 1. The summed E-state index contributed by atoms with van der Waals surface area (Å²) in [6.07, 6.45) is 6.56. The monoisotopic (exact) mass is 491 g/mol. The van der Waals surface area contributed by atoms with Crippen molar-refractivity contribution in [1.29, 1.82) is 0 Å². The van der Waals surface area contributed by atoms with Gasteiger partial charge in [-0.15, -0.1) is 0 Å². The molecule has 2 aromatic carbocycles. The molecule has 4 rings (SSSR count). The summed E-state index contributed by atoms with van der Waals surface area (Å²) in [7, 11) is -7.24. The van der Waals surface area contributed by atoms with Gasteiger partial charge in [-0.2, -0.15) is 4.31 Å². The number of benzene rings is 2. The Hall–Kier alpha value is -2.27. The molecule has 0 aromatic heterocycles. The Morgan fingerprint density at radius 1 is 0.818 bits per heavy atom. The van der Waals surface area contributed by atoms with E-state index in [-0.39, 0.29) is 21.4 Å². The Morgan fingerprint density at radius 2 is 1.48 bits per heavy atom. The summed E-state index contributed by atoms with van der Waals surface area (Å²) in [5.74, 6) is -0.468. The van der Waals surface area contributed by atoms with Crippen molar-refractivity contribution in [2.75, 3.05) is 18.4 Å². The van der Waals surface area contributed by atoms with Gasteiger partial charge in [0.25, 0.3) is 5.91 Å². The van der Waals surface area contributed by atoms with Gasteiger partial charge in [0.05, 0.1) is 9.79 Å². The molecule has 2 aliphatic rings. The van der Waals surface area contributed by atoms with Crippen molar-refractivity contribution in [2.45, 2.75) is 60.8 Å². The van der Waals surface area contributed by atoms with Crippen LogP contribution in [0.1, 0.15) is 55.3 Å². The summed E-state index contributed by atoms with van der Waals surface area (Å²) < 4.78 is 55.0. The first-order valence-corrected chi connectivity index (χ1v) is 14.2. The second-order valence-electron chi connectivity index (χ2n) is 8.57. The van der Waals surface area contributed by atoms with Gasteiger partial charge in [0.1, 0.15) is 0 Å². The molecule has 1 heterocycles. The van der Waals surface area contributed by atoms with Crippen LogP contribution in [0.2, 0.25) is 0 Å². The maximum atomic E-state index is 12.8. The summed E-state index contributed by atoms with van der Waals surface area (Å²) >= 11 is 0. The molecule has 0 atom stereocenters. The van der Waals surface area contributed by atoms with Crippen LogP contribution in [0.5, 0.6) is 0 Å². The van der Waals surface area contributed by atoms with Gasteiger partial charge in [-0.1, -0.05) is 25.3 Å². The van der Waals surface area contributed by atoms with E-state index in [1.54, 1.807) is 12.1 Å². The fraction of sp³-hybridized carbons (Fsp3) is 0.435. The summed E-state index contributed by atoms with van der Waals surface area (Å²) in [5, 5.41) is 2.70. The van der Waals surface area contributed by atoms with E-state index in [4.69, 9.17) is 0 Å². The third kappa shape index (κ3) is 5.63. The molecule has 2 aromatic rings. The Morgan fingerprint density at radius 3 is 2.15 bits per heavy atom. The molecule has 0 radical (unpaired) electrons. The fourth-order valence-corrected chi connectivity index (χ4v) is 7.17. The number of nitrogens with zero attached hydrogens (tertiary/aromatic N) is 1. The number of sulfonamides is 2. The third-order valence-electron chi connectivity index (χ3n) is 6.15. The van der Waals surface area contributed by atoms with E-state index in [1.165, 1.54) is 40.7 Å². The summed E-state index contributed by atoms with van der Waals surface area (Å²) in [6.45, 7) is 0.979. The van der Waals surface area contributed by atoms with Crippen LogP contribution in [-0.2, 0) is 20.0 Å². The van der Waals surface area contributed by atoms with Crippen LogP contribution in [0.3, 0.4) is 0 Å². The van der Waals surface area contributed by atoms with Crippen LogP contribution in [0.4, 0.5) is 5.69 Å². The zero-order chi connectivity index (χ0) is 23.5. The van der Waals surface area contributed by atoms with E-state index >= 15 is 0 Å². The van der Waals surface area contributed by atoms with Crippen molar-refractivity contribution >= 4 is 31.6 Å². The van der Waals surface area contributed by atoms with Crippen molar-refractivity contribution in [3.63, 3.8) is 0 Å². The van der Waals surface area contributed by atoms with E-state index in [2.05, 4.69) is 10.0 Å². The summed E-state index contributed by atoms with van der Waals surface area (Å²) in [5.41, 5.74) is 0.635. The predicted molar refractivity (Wildman–Crippen MR) is 126 cm³/mol. The first-order chi connectivity index (χ1) is 15.8. The molecule has 1 aliphatic carbocycles. The number of carbonyl (C=O) groups excluding carboxylic acids is 1. The number of amides is 1. The number of hydrogen-bond acceptors (Lipinski definition) is 5. The van der Waals surface area contributed by atoms with E-state index in [0.717, 1.165) is 44.9 Å². The molecule has 1 saturated heterocycles. The lowest BCUT2D eigenvalue weighted by Crippen LogP contribution is -2.36. The van der Waals surface area contributed by atoms with Crippen LogP contribution in [-0.4, -0.2) is 46.2 Å². The molecule has 0 unspecified atom stereocenters. The maximum Gasteiger partial charge on any atom is 0.255 e. The zero-order valence-electron chi connectivity index (χ0n) is 18.4. The lowest BCUT2D eigenvalue weighted by molar-refractivity contribution is 0.102. The molecule has 8 nitrogen and oxygen atoms in total. The van der Waals surface area contributed by atoms with Gasteiger partial charge >= 0.3 is 0 Å². The van der Waals surface area contributed by atoms with Crippen LogP contribution in [0, 0.1) is 0 Å². The summed E-state index contributed by atoms with van der Waals surface area (Å²) in [6, 6.07) is 11.9. The van der Waals surface area contributed by atoms with Gasteiger partial charge in [-0.3, -0.25) is 4.79 Å². The Balaban J connectivity index is 1.43. The lowest BCUT2D eigenvalue weighted by atomic mass is 9.96. The number of rotatable bonds is 7. The normalized spacial score (nSPS) is 18.3. The fourth-order valence-electron chi connectivity index (χ4n) is 4.30. The third-order valence-corrected chi connectivity index (χ3v) is 9.58. The maximum absolute atomic E-state index is 12.8. The lowest BCUT2D eigenvalue weighted by Gasteiger charge is -2.22. The van der Waals surface area contributed by atoms with E-state index in [9.17, 15) is 21.6 Å². The van der Waals surface area contributed by atoms with Gasteiger partial charge in [-0.05, 0) is 68.1 Å². The highest BCUT2D eigenvalue weighted by molar-refractivity contribution is 7.89. The molecule has 33 heavy (non-hydrogen) atoms. The molecule has 1 saturated carbocycles. The first kappa shape index (κ1) is 23.9. The van der Waals surface area contributed by atoms with Gasteiger partial charge in [0, 0.05) is 30.4 Å². The van der Waals surface area contributed by atoms with Crippen molar-refractivity contribution < 1.29 is 21.6 Å². The van der Waals surface area contributed by atoms with Crippen LogP contribution < -0.4 is 10.0 Å². The first-order valence-electron chi connectivity index (χ1n) is 11.3. The minimum atomic E-state index is -3.62. The average Bonchev–Trinajstić information content (AvgIpc) is 3.36. The van der Waals surface area contributed by atoms with Gasteiger partial charge in [0.15, 0.2) is 0 Å². The standard InChI is InChI=1S/C23H29N3O5S2/c27-23(18-7-6-10-22(17-18)33(30,31)26-15-4-5-16-26)24-19-11-13-21(14-12-19)32(28,29)25-20-8-2-1-3-9-20/h6-7,10-14,17,20,25H,1-5,8-9,15-16H2,(H,24,27). The van der Waals surface area contributed by atoms with Crippen molar-refractivity contribution in [1.82, 2.24) is 9.03 Å². The average molecular weight is 492 g/mol. The Kier molecular flexibility index (Phi) is 7.18. The van der Waals surface area contributed by atoms with E-state index in [1.807, 2.05) is 0 Å². The molecule has 0 bridgehead atoms. The highest BCUT2D eigenvalue weighted by Crippen LogP contribution is 2.23. The van der Waals surface area contributed by atoms with Gasteiger partial charge in [0.2, 0.25) is 20.0 Å². The topological polar surface area (TPSA) is 113 Å². The molecule has 178 valence electrons. The SMILES string of the molecule is O=C(Nc1ccc(S(=O)(=O)NC2CCCCC2)cc1)c1cccc(S(=O)(=O)N2CCCC2)c1. The number of anilines is 1. The minimum Gasteiger partial charge on any atom is -0.322 e. The van der Waals surface area contributed by atoms with Crippen LogP contribution in [0.25, 0.3) is 0 Å². The molecule has 10 heteroatoms. The highest BCUT2D eigenvalue weighted by atomic mass is 32.2. The zero-order valence-corrected chi connectivity index (χ0v) is 20.0. The van der Waals surface area contributed by atoms with Crippen molar-refractivity contribution in [2.24, 2.45) is 0 Å². The molecule has 1 aliphatic heterocycles. The molecule has 2 fully saturated rings. The molecule has 0 spiro atoms. The Labute approximate surface area is 195 Å². The predicted octanol–water partition coefficient (Wildman–Crippen LogP) is 3.33. The minimum absolute atomic E-state index is 0.0350. The summed E-state index contributed by atoms with van der Waals surface area (Å²) in [4.78, 5) is 12.9. The Bertz CT molecular complexity index is 1200. The molecular formula is C23H29N3O5S2. The largest absolute Gasteiger partial charge is 0.322 e. The number of hydrogen-bond donors (Lipinski definition) is 2. The smallest absolute Gasteiger partial charge is 0.255 e. The van der Waals surface area contributed by atoms with Crippen LogP contribution in [0.15, 0.2) is 58.3 Å². The van der Waals surface area contributed by atoms with Gasteiger partial charge in [-0.25, -0.2) is 21.6 Å². The van der Waals surface area contributed by atoms with E-state index < -0.39 is 26.0 Å². The van der Waals surface area contributed by atoms with Crippen molar-refractivity contribution in [3.05, 3.63) is 54.1 Å². The molecule has 1 amide bonds. The van der Waals surface area contributed by atoms with Gasteiger partial charge < -0.3 is 5.32 Å². The second-order valence-corrected chi connectivity index (χ2v) is 12.2. The number of nitrogens with one attached hydrogen (secondary N) is 2. The highest BCUT2D eigenvalue weighted by Gasteiger charge is 2.27. The molecular weight excluding hydrogens is 462 g/mol.